The summed E-state index contributed by atoms with van der Waals surface area (Å²) in [5.74, 6) is 0.290. The molecule has 0 saturated heterocycles. The van der Waals surface area contributed by atoms with Gasteiger partial charge in [0.15, 0.2) is 0 Å². The van der Waals surface area contributed by atoms with Gasteiger partial charge in [-0.2, -0.15) is 11.3 Å². The van der Waals surface area contributed by atoms with E-state index in [2.05, 4.69) is 4.72 Å². The van der Waals surface area contributed by atoms with Crippen molar-refractivity contribution in [2.75, 3.05) is 13.2 Å². The van der Waals surface area contributed by atoms with Crippen molar-refractivity contribution in [3.05, 3.63) is 69.0 Å². The first-order chi connectivity index (χ1) is 12.5. The second kappa shape index (κ2) is 7.89. The van der Waals surface area contributed by atoms with Crippen LogP contribution >= 0.6 is 22.7 Å². The zero-order chi connectivity index (χ0) is 18.6. The Morgan fingerprint density at radius 2 is 1.96 bits per heavy atom. The highest BCUT2D eigenvalue weighted by Gasteiger charge is 2.35. The number of ether oxygens (including phenoxy) is 1. The van der Waals surface area contributed by atoms with E-state index in [1.54, 1.807) is 37.3 Å². The number of sulfonamides is 1. The Labute approximate surface area is 161 Å². The predicted octanol–water partition coefficient (Wildman–Crippen LogP) is 3.42. The zero-order valence-corrected chi connectivity index (χ0v) is 16.5. The number of thiophene rings is 2. The largest absolute Gasteiger partial charge is 0.492 e. The van der Waals surface area contributed by atoms with Crippen LogP contribution in [0.15, 0.2) is 63.5 Å². The summed E-state index contributed by atoms with van der Waals surface area (Å²) in [7, 11) is -3.86. The van der Waals surface area contributed by atoms with Crippen molar-refractivity contribution in [2.45, 2.75) is 17.4 Å². The second-order valence-electron chi connectivity index (χ2n) is 5.55. The minimum atomic E-state index is -3.86. The summed E-state index contributed by atoms with van der Waals surface area (Å²) in [5.41, 5.74) is -0.771. The summed E-state index contributed by atoms with van der Waals surface area (Å²) in [5, 5.41) is 16.8. The lowest BCUT2D eigenvalue weighted by Crippen LogP contribution is -2.41. The fourth-order valence-corrected chi connectivity index (χ4v) is 5.34. The molecule has 0 saturated carbocycles. The molecule has 2 heterocycles. The zero-order valence-electron chi connectivity index (χ0n) is 14.1. The molecule has 0 aliphatic heterocycles. The summed E-state index contributed by atoms with van der Waals surface area (Å²) in [6.45, 7) is 1.98. The molecule has 0 aliphatic rings. The van der Waals surface area contributed by atoms with Crippen LogP contribution in [0.5, 0.6) is 5.75 Å². The summed E-state index contributed by atoms with van der Waals surface area (Å²) < 4.78 is 33.6. The smallest absolute Gasteiger partial charge is 0.244 e. The average Bonchev–Trinajstić information content (AvgIpc) is 3.34. The molecule has 3 aromatic rings. The van der Waals surface area contributed by atoms with Crippen LogP contribution in [0.25, 0.3) is 0 Å². The molecule has 0 radical (unpaired) electrons. The molecule has 1 atom stereocenters. The van der Waals surface area contributed by atoms with E-state index >= 15 is 0 Å². The van der Waals surface area contributed by atoms with Crippen molar-refractivity contribution < 1.29 is 18.3 Å². The van der Waals surface area contributed by atoms with E-state index in [4.69, 9.17) is 4.74 Å². The van der Waals surface area contributed by atoms with Gasteiger partial charge in [-0.1, -0.05) is 18.2 Å². The number of hydrogen-bond donors (Lipinski definition) is 2. The van der Waals surface area contributed by atoms with Crippen molar-refractivity contribution in [3.63, 3.8) is 0 Å². The Bertz CT molecular complexity index is 900. The van der Waals surface area contributed by atoms with Gasteiger partial charge in [0, 0.05) is 17.0 Å². The fourth-order valence-electron chi connectivity index (χ4n) is 2.57. The van der Waals surface area contributed by atoms with Gasteiger partial charge in [-0.3, -0.25) is 0 Å². The third-order valence-corrected chi connectivity index (χ3v) is 7.03. The van der Waals surface area contributed by atoms with Gasteiger partial charge in [-0.15, -0.1) is 11.3 Å². The topological polar surface area (TPSA) is 75.6 Å². The maximum Gasteiger partial charge on any atom is 0.244 e. The van der Waals surface area contributed by atoms with Gasteiger partial charge in [-0.25, -0.2) is 13.1 Å². The van der Waals surface area contributed by atoms with Crippen molar-refractivity contribution >= 4 is 32.7 Å². The first kappa shape index (κ1) is 19.1. The number of aliphatic hydroxyl groups is 1. The minimum absolute atomic E-state index is 0.0562. The molecule has 1 unspecified atom stereocenters. The van der Waals surface area contributed by atoms with Crippen LogP contribution in [-0.2, 0) is 15.6 Å². The molecule has 2 N–H and O–H groups in total. The molecule has 2 aromatic heterocycles. The van der Waals surface area contributed by atoms with Gasteiger partial charge in [0.05, 0.1) is 6.61 Å². The number of hydrogen-bond acceptors (Lipinski definition) is 6. The van der Waals surface area contributed by atoms with Crippen molar-refractivity contribution in [2.24, 2.45) is 0 Å². The highest BCUT2D eigenvalue weighted by molar-refractivity contribution is 7.89. The van der Waals surface area contributed by atoms with Crippen LogP contribution in [0.4, 0.5) is 0 Å². The quantitative estimate of drug-likeness (QED) is 0.598. The fraction of sp³-hybridized carbons (Fsp3) is 0.222. The number of benzene rings is 1. The van der Waals surface area contributed by atoms with Gasteiger partial charge in [-0.05, 0) is 47.3 Å². The van der Waals surface area contributed by atoms with Crippen molar-refractivity contribution in [1.29, 1.82) is 0 Å². The third kappa shape index (κ3) is 3.84. The molecular formula is C18H19NO4S3. The molecule has 0 spiro atoms. The molecule has 0 fully saturated rings. The molecule has 0 bridgehead atoms. The van der Waals surface area contributed by atoms with Crippen molar-refractivity contribution in [1.82, 2.24) is 4.72 Å². The van der Waals surface area contributed by atoms with E-state index in [-0.39, 0.29) is 17.2 Å². The van der Waals surface area contributed by atoms with Crippen LogP contribution in [0.2, 0.25) is 0 Å². The highest BCUT2D eigenvalue weighted by atomic mass is 32.2. The number of rotatable bonds is 8. The molecule has 0 amide bonds. The summed E-state index contributed by atoms with van der Waals surface area (Å²) in [6, 6.07) is 11.9. The van der Waals surface area contributed by atoms with Crippen molar-refractivity contribution in [3.8, 4) is 5.75 Å². The SMILES string of the molecule is CCOc1ccccc1S(=O)(=O)NCC(O)(c1ccsc1)c1cccs1. The monoisotopic (exact) mass is 409 g/mol. The number of nitrogens with one attached hydrogen (secondary N) is 1. The molecular weight excluding hydrogens is 390 g/mol. The van der Waals surface area contributed by atoms with E-state index in [0.29, 0.717) is 17.0 Å². The predicted molar refractivity (Wildman–Crippen MR) is 104 cm³/mol. The average molecular weight is 410 g/mol. The standard InChI is InChI=1S/C18H19NO4S3/c1-2-23-15-6-3-4-7-16(15)26(21,22)19-13-18(20,14-9-11-24-12-14)17-8-5-10-25-17/h3-12,19-20H,2,13H2,1H3. The van der Waals surface area contributed by atoms with Crippen LogP contribution in [0.3, 0.4) is 0 Å². The van der Waals surface area contributed by atoms with Gasteiger partial charge in [0.2, 0.25) is 10.0 Å². The molecule has 8 heteroatoms. The molecule has 138 valence electrons. The van der Waals surface area contributed by atoms with Crippen LogP contribution in [-0.4, -0.2) is 26.7 Å². The maximum atomic E-state index is 12.8. The lowest BCUT2D eigenvalue weighted by atomic mass is 9.95. The maximum absolute atomic E-state index is 12.8. The van der Waals surface area contributed by atoms with Crippen LogP contribution in [0, 0.1) is 0 Å². The molecule has 5 nitrogen and oxygen atoms in total. The Morgan fingerprint density at radius 3 is 2.62 bits per heavy atom. The molecule has 3 rings (SSSR count). The molecule has 1 aromatic carbocycles. The van der Waals surface area contributed by atoms with Crippen LogP contribution < -0.4 is 9.46 Å². The minimum Gasteiger partial charge on any atom is -0.492 e. The van der Waals surface area contributed by atoms with Gasteiger partial charge < -0.3 is 9.84 Å². The lowest BCUT2D eigenvalue weighted by molar-refractivity contribution is 0.0903. The third-order valence-electron chi connectivity index (χ3n) is 3.88. The van der Waals surface area contributed by atoms with Gasteiger partial charge in [0.25, 0.3) is 0 Å². The molecule has 0 aliphatic carbocycles. The van der Waals surface area contributed by atoms with E-state index in [9.17, 15) is 13.5 Å². The Hall–Kier alpha value is -1.71. The number of para-hydroxylation sites is 1. The first-order valence-corrected chi connectivity index (χ1v) is 11.3. The lowest BCUT2D eigenvalue weighted by Gasteiger charge is -2.27. The first-order valence-electron chi connectivity index (χ1n) is 7.98. The van der Waals surface area contributed by atoms with E-state index in [1.807, 2.05) is 22.2 Å². The summed E-state index contributed by atoms with van der Waals surface area (Å²) >= 11 is 2.83. The van der Waals surface area contributed by atoms with E-state index in [0.717, 1.165) is 0 Å². The Kier molecular flexibility index (Phi) is 5.79. The normalized spacial score (nSPS) is 14.1. The molecule has 26 heavy (non-hydrogen) atoms. The van der Waals surface area contributed by atoms with Gasteiger partial charge >= 0.3 is 0 Å². The highest BCUT2D eigenvalue weighted by Crippen LogP contribution is 2.34. The summed E-state index contributed by atoms with van der Waals surface area (Å²) in [4.78, 5) is 0.734. The van der Waals surface area contributed by atoms with Gasteiger partial charge in [0.1, 0.15) is 16.2 Å². The summed E-state index contributed by atoms with van der Waals surface area (Å²) in [6.07, 6.45) is 0. The Morgan fingerprint density at radius 1 is 1.15 bits per heavy atom. The second-order valence-corrected chi connectivity index (χ2v) is 9.02. The van der Waals surface area contributed by atoms with Crippen LogP contribution in [0.1, 0.15) is 17.4 Å². The van der Waals surface area contributed by atoms with E-state index < -0.39 is 15.6 Å². The van der Waals surface area contributed by atoms with E-state index in [1.165, 1.54) is 28.7 Å². The Balaban J connectivity index is 1.90.